The van der Waals surface area contributed by atoms with E-state index in [1.807, 2.05) is 4.98 Å². The quantitative estimate of drug-likeness (QED) is 0.638. The zero-order valence-corrected chi connectivity index (χ0v) is 13.2. The highest BCUT2D eigenvalue weighted by atomic mass is 32.2. The van der Waals surface area contributed by atoms with Gasteiger partial charge in [-0.2, -0.15) is 0 Å². The molecule has 10 heteroatoms. The Morgan fingerprint density at radius 3 is 2.38 bits per heavy atom. The lowest BCUT2D eigenvalue weighted by atomic mass is 10.1. The first-order chi connectivity index (χ1) is 11.4. The highest BCUT2D eigenvalue weighted by Crippen LogP contribution is 2.22. The van der Waals surface area contributed by atoms with Crippen LogP contribution in [0.4, 0.5) is 5.69 Å². The van der Waals surface area contributed by atoms with Gasteiger partial charge in [0.1, 0.15) is 0 Å². The Kier molecular flexibility index (Phi) is 3.81. The number of aromatic amines is 2. The molecule has 0 spiro atoms. The predicted molar refractivity (Wildman–Crippen MR) is 85.2 cm³/mol. The summed E-state index contributed by atoms with van der Waals surface area (Å²) in [5.41, 5.74) is -0.832. The van der Waals surface area contributed by atoms with Crippen LogP contribution in [-0.2, 0) is 10.0 Å². The van der Waals surface area contributed by atoms with Crippen molar-refractivity contribution in [3.05, 3.63) is 63.1 Å². The van der Waals surface area contributed by atoms with E-state index in [4.69, 9.17) is 4.52 Å². The Labute approximate surface area is 135 Å². The third-order valence-corrected chi connectivity index (χ3v) is 4.74. The number of hydrogen-bond acceptors (Lipinski definition) is 6. The van der Waals surface area contributed by atoms with Crippen LogP contribution in [0.25, 0.3) is 11.3 Å². The molecular formula is C14H12N4O5S. The van der Waals surface area contributed by atoms with E-state index in [2.05, 4.69) is 14.9 Å². The van der Waals surface area contributed by atoms with Crippen molar-refractivity contribution in [3.63, 3.8) is 0 Å². The first-order valence-electron chi connectivity index (χ1n) is 6.74. The van der Waals surface area contributed by atoms with Crippen LogP contribution in [0.5, 0.6) is 0 Å². The van der Waals surface area contributed by atoms with E-state index in [0.29, 0.717) is 11.3 Å². The number of sulfonamides is 1. The van der Waals surface area contributed by atoms with E-state index < -0.39 is 26.2 Å². The topological polar surface area (TPSA) is 138 Å². The molecule has 0 amide bonds. The third-order valence-electron chi connectivity index (χ3n) is 3.20. The zero-order valence-electron chi connectivity index (χ0n) is 12.4. The van der Waals surface area contributed by atoms with E-state index in [-0.39, 0.29) is 11.4 Å². The molecule has 0 aliphatic heterocycles. The van der Waals surface area contributed by atoms with E-state index in [9.17, 15) is 18.0 Å². The highest BCUT2D eigenvalue weighted by molar-refractivity contribution is 7.92. The Morgan fingerprint density at radius 1 is 1.08 bits per heavy atom. The molecule has 1 aromatic carbocycles. The molecule has 0 atom stereocenters. The minimum absolute atomic E-state index is 0.0467. The number of hydrogen-bond donors (Lipinski definition) is 3. The summed E-state index contributed by atoms with van der Waals surface area (Å²) in [6, 6.07) is 7.99. The Balaban J connectivity index is 1.93. The standard InChI is InChI=1S/C14H12N4O5S/c1-8-12(13(19)17-14(20)16-8)24(21,22)18-10-4-2-9(3-5-10)11-6-7-15-23-11/h2-7,18H,1H3,(H2,16,17,19,20). The number of H-pyrrole nitrogens is 2. The minimum Gasteiger partial charge on any atom is -0.356 e. The second-order valence-electron chi connectivity index (χ2n) is 4.92. The van der Waals surface area contributed by atoms with Gasteiger partial charge in [-0.1, -0.05) is 5.16 Å². The molecule has 0 unspecified atom stereocenters. The first-order valence-corrected chi connectivity index (χ1v) is 8.22. The zero-order chi connectivity index (χ0) is 17.3. The summed E-state index contributed by atoms with van der Waals surface area (Å²) in [4.78, 5) is 26.6. The van der Waals surface area contributed by atoms with Crippen molar-refractivity contribution in [2.45, 2.75) is 11.8 Å². The summed E-state index contributed by atoms with van der Waals surface area (Å²) in [5.74, 6) is 0.539. The van der Waals surface area contributed by atoms with E-state index in [1.165, 1.54) is 25.3 Å². The maximum atomic E-state index is 12.4. The fraction of sp³-hybridized carbons (Fsp3) is 0.0714. The van der Waals surface area contributed by atoms with Crippen molar-refractivity contribution in [3.8, 4) is 11.3 Å². The smallest absolute Gasteiger partial charge is 0.325 e. The molecule has 2 aromatic heterocycles. The fourth-order valence-electron chi connectivity index (χ4n) is 2.19. The molecule has 3 rings (SSSR count). The van der Waals surface area contributed by atoms with Crippen molar-refractivity contribution in [2.24, 2.45) is 0 Å². The largest absolute Gasteiger partial charge is 0.356 e. The molecule has 0 bridgehead atoms. The molecule has 0 aliphatic carbocycles. The van der Waals surface area contributed by atoms with Crippen LogP contribution in [0.1, 0.15) is 5.69 Å². The van der Waals surface area contributed by atoms with Gasteiger partial charge in [0.25, 0.3) is 15.6 Å². The first kappa shape index (κ1) is 15.7. The summed E-state index contributed by atoms with van der Waals surface area (Å²) >= 11 is 0. The van der Waals surface area contributed by atoms with E-state index in [1.54, 1.807) is 18.2 Å². The van der Waals surface area contributed by atoms with Gasteiger partial charge in [-0.3, -0.25) is 14.5 Å². The van der Waals surface area contributed by atoms with Gasteiger partial charge in [0.15, 0.2) is 10.7 Å². The summed E-state index contributed by atoms with van der Waals surface area (Å²) in [6.45, 7) is 1.33. The fourth-order valence-corrected chi connectivity index (χ4v) is 3.48. The average molecular weight is 348 g/mol. The van der Waals surface area contributed by atoms with Gasteiger partial charge in [-0.25, -0.2) is 13.2 Å². The summed E-state index contributed by atoms with van der Waals surface area (Å²) < 4.78 is 32.1. The van der Waals surface area contributed by atoms with Gasteiger partial charge in [0.2, 0.25) is 0 Å². The van der Waals surface area contributed by atoms with Crippen LogP contribution in [0.2, 0.25) is 0 Å². The molecule has 0 aliphatic rings. The molecular weight excluding hydrogens is 336 g/mol. The number of aryl methyl sites for hydroxylation is 1. The molecule has 2 heterocycles. The third kappa shape index (κ3) is 2.99. The number of benzene rings is 1. The normalized spacial score (nSPS) is 11.4. The van der Waals surface area contributed by atoms with Crippen molar-refractivity contribution in [1.82, 2.24) is 15.1 Å². The van der Waals surface area contributed by atoms with Crippen LogP contribution in [0.15, 0.2) is 55.5 Å². The Hall–Kier alpha value is -3.14. The molecule has 3 aromatic rings. The molecule has 9 nitrogen and oxygen atoms in total. The van der Waals surface area contributed by atoms with Crippen molar-refractivity contribution < 1.29 is 12.9 Å². The van der Waals surface area contributed by atoms with Gasteiger partial charge in [-0.15, -0.1) is 0 Å². The SMILES string of the molecule is Cc1[nH]c(=O)[nH]c(=O)c1S(=O)(=O)Nc1ccc(-c2ccno2)cc1. The van der Waals surface area contributed by atoms with E-state index in [0.717, 1.165) is 0 Å². The van der Waals surface area contributed by atoms with Crippen LogP contribution >= 0.6 is 0 Å². The molecule has 124 valence electrons. The average Bonchev–Trinajstić information content (AvgIpc) is 3.00. The van der Waals surface area contributed by atoms with Gasteiger partial charge < -0.3 is 9.51 Å². The van der Waals surface area contributed by atoms with Crippen molar-refractivity contribution in [1.29, 1.82) is 0 Å². The maximum Gasteiger partial charge on any atom is 0.325 e. The second kappa shape index (κ2) is 5.81. The Bertz CT molecular complexity index is 1080. The number of nitrogens with zero attached hydrogens (tertiary/aromatic N) is 1. The summed E-state index contributed by atoms with van der Waals surface area (Å²) in [5, 5.41) is 3.59. The van der Waals surface area contributed by atoms with E-state index >= 15 is 0 Å². The van der Waals surface area contributed by atoms with Crippen molar-refractivity contribution in [2.75, 3.05) is 4.72 Å². The maximum absolute atomic E-state index is 12.4. The molecule has 0 saturated carbocycles. The van der Waals surface area contributed by atoms with Crippen LogP contribution in [0.3, 0.4) is 0 Å². The van der Waals surface area contributed by atoms with Gasteiger partial charge in [0, 0.05) is 23.0 Å². The lowest BCUT2D eigenvalue weighted by molar-refractivity contribution is 0.432. The van der Waals surface area contributed by atoms with Crippen LogP contribution < -0.4 is 16.0 Å². The number of rotatable bonds is 4. The molecule has 3 N–H and O–H groups in total. The molecule has 0 fully saturated rings. The lowest BCUT2D eigenvalue weighted by Crippen LogP contribution is -2.31. The van der Waals surface area contributed by atoms with Gasteiger partial charge >= 0.3 is 5.69 Å². The van der Waals surface area contributed by atoms with Crippen molar-refractivity contribution >= 4 is 15.7 Å². The second-order valence-corrected chi connectivity index (χ2v) is 6.54. The minimum atomic E-state index is -4.16. The Morgan fingerprint density at radius 2 is 1.79 bits per heavy atom. The summed E-state index contributed by atoms with van der Waals surface area (Å²) in [7, 11) is -4.16. The van der Waals surface area contributed by atoms with Crippen LogP contribution in [-0.4, -0.2) is 23.5 Å². The molecule has 0 saturated heterocycles. The lowest BCUT2D eigenvalue weighted by Gasteiger charge is -2.09. The van der Waals surface area contributed by atoms with Gasteiger partial charge in [0.05, 0.1) is 6.20 Å². The molecule has 0 radical (unpaired) electrons. The predicted octanol–water partition coefficient (Wildman–Crippen LogP) is 0.827. The van der Waals surface area contributed by atoms with Gasteiger partial charge in [-0.05, 0) is 31.2 Å². The number of aromatic nitrogens is 3. The van der Waals surface area contributed by atoms with Crippen LogP contribution in [0, 0.1) is 6.92 Å². The number of nitrogens with one attached hydrogen (secondary N) is 3. The summed E-state index contributed by atoms with van der Waals surface area (Å²) in [6.07, 6.45) is 1.50. The molecule has 24 heavy (non-hydrogen) atoms. The number of anilines is 1. The monoisotopic (exact) mass is 348 g/mol. The highest BCUT2D eigenvalue weighted by Gasteiger charge is 2.22.